The van der Waals surface area contributed by atoms with Gasteiger partial charge < -0.3 is 9.80 Å². The molecule has 5 heteroatoms. The standard InChI is InChI=1S/C30H48N2O2S/c1-2-3-4-5-6-7-8-9-10-11-15-18-28(33)31-23-21-30(22-24-31)32(25-26-35-30)29(34)20-19-27-16-13-12-14-17-27/h12-14,16-17H,2-11,15,18-26H2,1H3. The van der Waals surface area contributed by atoms with Crippen molar-refractivity contribution in [2.75, 3.05) is 25.4 Å². The fourth-order valence-corrected chi connectivity index (χ4v) is 7.08. The van der Waals surface area contributed by atoms with Crippen LogP contribution in [0.2, 0.25) is 0 Å². The van der Waals surface area contributed by atoms with Gasteiger partial charge in [-0.05, 0) is 31.2 Å². The van der Waals surface area contributed by atoms with Gasteiger partial charge >= 0.3 is 0 Å². The van der Waals surface area contributed by atoms with Crippen molar-refractivity contribution in [1.29, 1.82) is 0 Å². The second kappa shape index (κ2) is 15.6. The minimum Gasteiger partial charge on any atom is -0.342 e. The molecule has 3 rings (SSSR count). The zero-order valence-electron chi connectivity index (χ0n) is 22.1. The molecule has 2 aliphatic rings. The Labute approximate surface area is 218 Å². The van der Waals surface area contributed by atoms with Crippen molar-refractivity contribution in [2.45, 2.75) is 115 Å². The molecule has 0 aromatic heterocycles. The van der Waals surface area contributed by atoms with Gasteiger partial charge in [0.1, 0.15) is 0 Å². The summed E-state index contributed by atoms with van der Waals surface area (Å²) >= 11 is 1.94. The summed E-state index contributed by atoms with van der Waals surface area (Å²) in [6.07, 6.45) is 18.3. The number of carbonyl (C=O) groups excluding carboxylic acids is 2. The van der Waals surface area contributed by atoms with Gasteiger partial charge in [-0.25, -0.2) is 0 Å². The Balaban J connectivity index is 1.28. The second-order valence-corrected chi connectivity index (χ2v) is 11.9. The van der Waals surface area contributed by atoms with E-state index >= 15 is 0 Å². The predicted molar refractivity (Wildman–Crippen MR) is 149 cm³/mol. The summed E-state index contributed by atoms with van der Waals surface area (Å²) in [4.78, 5) is 30.0. The molecule has 2 heterocycles. The number of amides is 2. The second-order valence-electron chi connectivity index (χ2n) is 10.5. The molecule has 1 aromatic rings. The molecule has 0 bridgehead atoms. The Kier molecular flexibility index (Phi) is 12.5. The lowest BCUT2D eigenvalue weighted by atomic mass is 10.00. The van der Waals surface area contributed by atoms with E-state index in [0.29, 0.717) is 18.7 Å². The zero-order valence-corrected chi connectivity index (χ0v) is 23.0. The lowest BCUT2D eigenvalue weighted by molar-refractivity contribution is -0.137. The summed E-state index contributed by atoms with van der Waals surface area (Å²) in [6.45, 7) is 4.72. The van der Waals surface area contributed by atoms with Gasteiger partial charge in [-0.1, -0.05) is 101 Å². The number of unbranched alkanes of at least 4 members (excludes halogenated alkanes) is 10. The van der Waals surface area contributed by atoms with Gasteiger partial charge in [0.15, 0.2) is 0 Å². The molecular formula is C30H48N2O2S. The van der Waals surface area contributed by atoms with E-state index in [1.165, 1.54) is 69.8 Å². The first-order valence-corrected chi connectivity index (χ1v) is 15.4. The number of piperidine rings is 1. The van der Waals surface area contributed by atoms with Gasteiger partial charge in [0, 0.05) is 38.2 Å². The van der Waals surface area contributed by atoms with E-state index in [9.17, 15) is 9.59 Å². The highest BCUT2D eigenvalue weighted by Crippen LogP contribution is 2.44. The van der Waals surface area contributed by atoms with E-state index in [1.807, 2.05) is 30.0 Å². The Morgan fingerprint density at radius 2 is 1.37 bits per heavy atom. The summed E-state index contributed by atoms with van der Waals surface area (Å²) in [5.41, 5.74) is 1.23. The van der Waals surface area contributed by atoms with Crippen molar-refractivity contribution in [3.8, 4) is 0 Å². The van der Waals surface area contributed by atoms with E-state index in [2.05, 4.69) is 28.9 Å². The van der Waals surface area contributed by atoms with Crippen LogP contribution in [0.3, 0.4) is 0 Å². The fourth-order valence-electron chi connectivity index (χ4n) is 5.61. The first-order chi connectivity index (χ1) is 17.1. The minimum absolute atomic E-state index is 0.0823. The van der Waals surface area contributed by atoms with E-state index < -0.39 is 0 Å². The topological polar surface area (TPSA) is 40.6 Å². The van der Waals surface area contributed by atoms with Crippen molar-refractivity contribution in [1.82, 2.24) is 9.80 Å². The molecule has 196 valence electrons. The molecule has 4 nitrogen and oxygen atoms in total. The number of hydrogen-bond acceptors (Lipinski definition) is 3. The van der Waals surface area contributed by atoms with Crippen LogP contribution in [0.15, 0.2) is 30.3 Å². The molecule has 2 fully saturated rings. The SMILES string of the molecule is CCCCCCCCCCCCCC(=O)N1CCC2(CC1)SCCN2C(=O)CCc1ccccc1. The molecule has 35 heavy (non-hydrogen) atoms. The third-order valence-electron chi connectivity index (χ3n) is 7.84. The summed E-state index contributed by atoms with van der Waals surface area (Å²) in [5.74, 6) is 1.62. The number of thioether (sulfide) groups is 1. The number of hydrogen-bond donors (Lipinski definition) is 0. The van der Waals surface area contributed by atoms with Crippen molar-refractivity contribution >= 4 is 23.6 Å². The Hall–Kier alpha value is -1.49. The van der Waals surface area contributed by atoms with Gasteiger partial charge in [-0.2, -0.15) is 0 Å². The highest BCUT2D eigenvalue weighted by Gasteiger charge is 2.46. The number of carbonyl (C=O) groups is 2. The molecule has 2 aliphatic heterocycles. The van der Waals surface area contributed by atoms with Crippen molar-refractivity contribution < 1.29 is 9.59 Å². The monoisotopic (exact) mass is 500 g/mol. The van der Waals surface area contributed by atoms with Gasteiger partial charge in [0.05, 0.1) is 4.87 Å². The lowest BCUT2D eigenvalue weighted by Crippen LogP contribution is -2.53. The molecule has 1 aromatic carbocycles. The summed E-state index contributed by atoms with van der Waals surface area (Å²) in [7, 11) is 0. The third-order valence-corrected chi connectivity index (χ3v) is 9.39. The lowest BCUT2D eigenvalue weighted by Gasteiger charge is -2.44. The molecule has 0 radical (unpaired) electrons. The predicted octanol–water partition coefficient (Wildman–Crippen LogP) is 7.21. The van der Waals surface area contributed by atoms with Gasteiger partial charge in [-0.3, -0.25) is 9.59 Å². The quantitative estimate of drug-likeness (QED) is 0.239. The van der Waals surface area contributed by atoms with Gasteiger partial charge in [0.25, 0.3) is 0 Å². The fraction of sp³-hybridized carbons (Fsp3) is 0.733. The van der Waals surface area contributed by atoms with Crippen LogP contribution >= 0.6 is 11.8 Å². The first-order valence-electron chi connectivity index (χ1n) is 14.4. The van der Waals surface area contributed by atoms with Crippen LogP contribution in [-0.2, 0) is 16.0 Å². The highest BCUT2D eigenvalue weighted by molar-refractivity contribution is 8.00. The van der Waals surface area contributed by atoms with Crippen LogP contribution in [0.4, 0.5) is 0 Å². The van der Waals surface area contributed by atoms with Crippen molar-refractivity contribution in [3.63, 3.8) is 0 Å². The van der Waals surface area contributed by atoms with Gasteiger partial charge in [-0.15, -0.1) is 11.8 Å². The van der Waals surface area contributed by atoms with Crippen LogP contribution < -0.4 is 0 Å². The molecule has 2 amide bonds. The summed E-state index contributed by atoms with van der Waals surface area (Å²) in [6, 6.07) is 10.3. The number of benzene rings is 1. The maximum atomic E-state index is 13.1. The first kappa shape index (κ1) is 28.1. The maximum Gasteiger partial charge on any atom is 0.224 e. The van der Waals surface area contributed by atoms with E-state index in [4.69, 9.17) is 0 Å². The smallest absolute Gasteiger partial charge is 0.224 e. The van der Waals surface area contributed by atoms with Crippen LogP contribution in [-0.4, -0.2) is 51.9 Å². The van der Waals surface area contributed by atoms with Crippen LogP contribution in [0.1, 0.15) is 109 Å². The average molecular weight is 501 g/mol. The molecule has 2 saturated heterocycles. The summed E-state index contributed by atoms with van der Waals surface area (Å²) in [5, 5.41) is 0. The molecule has 0 aliphatic carbocycles. The average Bonchev–Trinajstić information content (AvgIpc) is 3.29. The summed E-state index contributed by atoms with van der Waals surface area (Å²) < 4.78 is 0. The molecule has 0 N–H and O–H groups in total. The largest absolute Gasteiger partial charge is 0.342 e. The Morgan fingerprint density at radius 1 is 0.771 bits per heavy atom. The Morgan fingerprint density at radius 3 is 2.00 bits per heavy atom. The van der Waals surface area contributed by atoms with Crippen molar-refractivity contribution in [3.05, 3.63) is 35.9 Å². The van der Waals surface area contributed by atoms with E-state index in [1.54, 1.807) is 0 Å². The van der Waals surface area contributed by atoms with Crippen LogP contribution in [0.25, 0.3) is 0 Å². The molecule has 0 saturated carbocycles. The highest BCUT2D eigenvalue weighted by atomic mass is 32.2. The van der Waals surface area contributed by atoms with Crippen molar-refractivity contribution in [2.24, 2.45) is 0 Å². The van der Waals surface area contributed by atoms with Crippen LogP contribution in [0, 0.1) is 0 Å². The molecule has 1 spiro atoms. The number of nitrogens with zero attached hydrogens (tertiary/aromatic N) is 2. The molecule has 0 atom stereocenters. The maximum absolute atomic E-state index is 13.1. The molecular weight excluding hydrogens is 452 g/mol. The number of rotatable bonds is 15. The minimum atomic E-state index is -0.0823. The zero-order chi connectivity index (χ0) is 24.8. The molecule has 0 unspecified atom stereocenters. The number of aryl methyl sites for hydroxylation is 1. The van der Waals surface area contributed by atoms with Crippen LogP contribution in [0.5, 0.6) is 0 Å². The van der Waals surface area contributed by atoms with E-state index in [0.717, 1.165) is 51.1 Å². The number of likely N-dealkylation sites (tertiary alicyclic amines) is 1. The van der Waals surface area contributed by atoms with E-state index in [-0.39, 0.29) is 10.8 Å². The third kappa shape index (κ3) is 9.15. The normalized spacial score (nSPS) is 17.3. The Bertz CT molecular complexity index is 746. The van der Waals surface area contributed by atoms with Gasteiger partial charge in [0.2, 0.25) is 11.8 Å².